The van der Waals surface area contributed by atoms with Gasteiger partial charge in [-0.2, -0.15) is 0 Å². The number of rotatable bonds is 53. The van der Waals surface area contributed by atoms with Gasteiger partial charge in [-0.1, -0.05) is 274 Å². The lowest BCUT2D eigenvalue weighted by Gasteiger charge is -2.18. The van der Waals surface area contributed by atoms with Gasteiger partial charge in [0.2, 0.25) is 0 Å². The predicted molar refractivity (Wildman–Crippen MR) is 293 cm³/mol. The fraction of sp³-hybridized carbons (Fsp3) is 0.790. The van der Waals surface area contributed by atoms with Crippen LogP contribution in [0.15, 0.2) is 60.8 Å². The molecule has 0 saturated heterocycles. The number of hydrogen-bond donors (Lipinski definition) is 0. The third-order valence-corrected chi connectivity index (χ3v) is 12.8. The molecule has 0 bridgehead atoms. The second-order valence-corrected chi connectivity index (χ2v) is 19.5. The largest absolute Gasteiger partial charge is 0.462 e. The van der Waals surface area contributed by atoms with Gasteiger partial charge in [0.1, 0.15) is 13.2 Å². The van der Waals surface area contributed by atoms with Gasteiger partial charge >= 0.3 is 17.9 Å². The van der Waals surface area contributed by atoms with E-state index in [1.54, 1.807) is 0 Å². The van der Waals surface area contributed by atoms with E-state index in [4.69, 9.17) is 14.2 Å². The lowest BCUT2D eigenvalue weighted by Crippen LogP contribution is -2.30. The maximum atomic E-state index is 12.9. The molecule has 0 amide bonds. The Balaban J connectivity index is 4.37. The minimum atomic E-state index is -0.779. The molecule has 0 aromatic carbocycles. The molecular formula is C62H110O6. The first-order chi connectivity index (χ1) is 33.5. The van der Waals surface area contributed by atoms with Crippen molar-refractivity contribution < 1.29 is 28.6 Å². The minimum absolute atomic E-state index is 0.0762. The number of ether oxygens (including phenoxy) is 3. The van der Waals surface area contributed by atoms with E-state index < -0.39 is 6.10 Å². The first kappa shape index (κ1) is 65.1. The van der Waals surface area contributed by atoms with Crippen LogP contribution in [-0.4, -0.2) is 37.2 Å². The Hall–Kier alpha value is -2.89. The summed E-state index contributed by atoms with van der Waals surface area (Å²) in [6.45, 7) is 6.54. The van der Waals surface area contributed by atoms with Crippen LogP contribution in [0.1, 0.15) is 297 Å². The summed E-state index contributed by atoms with van der Waals surface area (Å²) in [4.78, 5) is 38.2. The van der Waals surface area contributed by atoms with Crippen LogP contribution < -0.4 is 0 Å². The zero-order valence-corrected chi connectivity index (χ0v) is 45.1. The van der Waals surface area contributed by atoms with Crippen molar-refractivity contribution >= 4 is 17.9 Å². The fourth-order valence-corrected chi connectivity index (χ4v) is 8.41. The van der Waals surface area contributed by atoms with E-state index in [-0.39, 0.29) is 31.1 Å². The second-order valence-electron chi connectivity index (χ2n) is 19.5. The molecule has 0 aliphatic carbocycles. The molecule has 0 rings (SSSR count). The Labute approximate surface area is 421 Å². The van der Waals surface area contributed by atoms with Crippen molar-refractivity contribution in [2.75, 3.05) is 13.2 Å². The summed E-state index contributed by atoms with van der Waals surface area (Å²) in [6.07, 6.45) is 70.6. The van der Waals surface area contributed by atoms with Crippen LogP contribution in [0.2, 0.25) is 0 Å². The van der Waals surface area contributed by atoms with Crippen LogP contribution in [0.4, 0.5) is 0 Å². The van der Waals surface area contributed by atoms with E-state index in [1.807, 2.05) is 0 Å². The smallest absolute Gasteiger partial charge is 0.306 e. The molecule has 0 saturated carbocycles. The van der Waals surface area contributed by atoms with E-state index in [2.05, 4.69) is 81.5 Å². The van der Waals surface area contributed by atoms with Crippen molar-refractivity contribution in [1.82, 2.24) is 0 Å². The molecule has 0 N–H and O–H groups in total. The molecule has 0 aliphatic rings. The minimum Gasteiger partial charge on any atom is -0.462 e. The monoisotopic (exact) mass is 951 g/mol. The normalized spacial score (nSPS) is 12.5. The molecule has 6 nitrogen and oxygen atoms in total. The highest BCUT2D eigenvalue weighted by molar-refractivity contribution is 5.71. The SMILES string of the molecule is CC/C=C\C/C=C\C/C=C\C/C=C\C/C=C\CCCCCCCC(=O)OCC(COC(=O)CCCCCCCCCCCCCCC)OC(=O)CCCCCCCCCCCCCCCCCC. The van der Waals surface area contributed by atoms with E-state index in [0.717, 1.165) is 109 Å². The maximum Gasteiger partial charge on any atom is 0.306 e. The molecule has 394 valence electrons. The summed E-state index contributed by atoms with van der Waals surface area (Å²) in [7, 11) is 0. The lowest BCUT2D eigenvalue weighted by molar-refractivity contribution is -0.167. The van der Waals surface area contributed by atoms with Gasteiger partial charge in [0.05, 0.1) is 0 Å². The molecule has 1 unspecified atom stereocenters. The van der Waals surface area contributed by atoms with Crippen LogP contribution in [0.3, 0.4) is 0 Å². The molecule has 6 heteroatoms. The summed E-state index contributed by atoms with van der Waals surface area (Å²) in [6, 6.07) is 0. The molecule has 0 aliphatic heterocycles. The van der Waals surface area contributed by atoms with E-state index >= 15 is 0 Å². The number of unbranched alkanes of at least 4 members (excludes halogenated alkanes) is 32. The van der Waals surface area contributed by atoms with Gasteiger partial charge in [-0.05, 0) is 64.2 Å². The van der Waals surface area contributed by atoms with Crippen molar-refractivity contribution in [2.24, 2.45) is 0 Å². The van der Waals surface area contributed by atoms with Crippen LogP contribution in [0.5, 0.6) is 0 Å². The molecule has 0 aromatic heterocycles. The van der Waals surface area contributed by atoms with Crippen molar-refractivity contribution in [2.45, 2.75) is 303 Å². The first-order valence-corrected chi connectivity index (χ1v) is 29.3. The van der Waals surface area contributed by atoms with Crippen molar-refractivity contribution in [1.29, 1.82) is 0 Å². The average molecular weight is 952 g/mol. The number of carbonyl (C=O) groups excluding carboxylic acids is 3. The summed E-state index contributed by atoms with van der Waals surface area (Å²) in [5, 5.41) is 0. The van der Waals surface area contributed by atoms with Crippen LogP contribution in [0, 0.1) is 0 Å². The van der Waals surface area contributed by atoms with Crippen molar-refractivity contribution in [3.8, 4) is 0 Å². The highest BCUT2D eigenvalue weighted by atomic mass is 16.6. The lowest BCUT2D eigenvalue weighted by atomic mass is 10.0. The van der Waals surface area contributed by atoms with Crippen LogP contribution in [-0.2, 0) is 28.6 Å². The molecule has 0 aromatic rings. The summed E-state index contributed by atoms with van der Waals surface area (Å²) in [5.74, 6) is -0.880. The van der Waals surface area contributed by atoms with Gasteiger partial charge in [-0.3, -0.25) is 14.4 Å². The third kappa shape index (κ3) is 54.1. The predicted octanol–water partition coefficient (Wildman–Crippen LogP) is 19.6. The molecule has 1 atom stereocenters. The number of esters is 3. The number of allylic oxidation sites excluding steroid dienone is 10. The second kappa shape index (κ2) is 56.7. The molecule has 0 spiro atoms. The Bertz CT molecular complexity index is 1230. The summed E-state index contributed by atoms with van der Waals surface area (Å²) < 4.78 is 16.9. The topological polar surface area (TPSA) is 78.9 Å². The number of hydrogen-bond acceptors (Lipinski definition) is 6. The Kier molecular flexibility index (Phi) is 54.3. The van der Waals surface area contributed by atoms with E-state index in [9.17, 15) is 14.4 Å². The van der Waals surface area contributed by atoms with Gasteiger partial charge in [0, 0.05) is 19.3 Å². The Morgan fingerprint density at radius 1 is 0.309 bits per heavy atom. The maximum absolute atomic E-state index is 12.9. The summed E-state index contributed by atoms with van der Waals surface area (Å²) in [5.41, 5.74) is 0. The van der Waals surface area contributed by atoms with Gasteiger partial charge < -0.3 is 14.2 Å². The highest BCUT2D eigenvalue weighted by Gasteiger charge is 2.19. The fourth-order valence-electron chi connectivity index (χ4n) is 8.41. The Morgan fingerprint density at radius 3 is 0.897 bits per heavy atom. The number of carbonyl (C=O) groups is 3. The summed E-state index contributed by atoms with van der Waals surface area (Å²) >= 11 is 0. The standard InChI is InChI=1S/C62H110O6/c1-4-7-10-13-16-19-22-25-27-29-30-31-32-33-35-37-40-43-46-49-52-55-61(64)67-58-59(57-66-60(63)54-51-48-45-42-39-36-24-21-18-15-12-9-6-3)68-62(65)56-53-50-47-44-41-38-34-28-26-23-20-17-14-11-8-5-2/h7,10,16,19,25,27,30-31,33,35,59H,4-6,8-9,11-15,17-18,20-24,26,28-29,32,34,36-58H2,1-3H3/b10-7-,19-16-,27-25-,31-30-,35-33-. The molecule has 0 heterocycles. The van der Waals surface area contributed by atoms with Crippen molar-refractivity contribution in [3.63, 3.8) is 0 Å². The van der Waals surface area contributed by atoms with Crippen molar-refractivity contribution in [3.05, 3.63) is 60.8 Å². The highest BCUT2D eigenvalue weighted by Crippen LogP contribution is 2.16. The van der Waals surface area contributed by atoms with E-state index in [0.29, 0.717) is 19.3 Å². The average Bonchev–Trinajstić information content (AvgIpc) is 3.34. The molecule has 0 radical (unpaired) electrons. The van der Waals surface area contributed by atoms with E-state index in [1.165, 1.54) is 148 Å². The first-order valence-electron chi connectivity index (χ1n) is 29.3. The molecule has 68 heavy (non-hydrogen) atoms. The zero-order chi connectivity index (χ0) is 49.3. The van der Waals surface area contributed by atoms with Gasteiger partial charge in [0.15, 0.2) is 6.10 Å². The third-order valence-electron chi connectivity index (χ3n) is 12.8. The molecule has 0 fully saturated rings. The van der Waals surface area contributed by atoms with Gasteiger partial charge in [-0.15, -0.1) is 0 Å². The quantitative estimate of drug-likeness (QED) is 0.0262. The zero-order valence-electron chi connectivity index (χ0n) is 45.1. The van der Waals surface area contributed by atoms with Gasteiger partial charge in [-0.25, -0.2) is 0 Å². The Morgan fingerprint density at radius 2 is 0.574 bits per heavy atom. The van der Waals surface area contributed by atoms with Crippen LogP contribution in [0.25, 0.3) is 0 Å². The molecular weight excluding hydrogens is 841 g/mol. The van der Waals surface area contributed by atoms with Gasteiger partial charge in [0.25, 0.3) is 0 Å². The van der Waals surface area contributed by atoms with Crippen LogP contribution >= 0.6 is 0 Å².